The molecule has 1 atom stereocenters. The molecule has 0 amide bonds. The van der Waals surface area contributed by atoms with Crippen molar-refractivity contribution in [2.75, 3.05) is 24.6 Å². The number of benzene rings is 1. The number of rotatable bonds is 3. The molecule has 1 fully saturated rings. The molecule has 1 aliphatic rings. The Bertz CT molecular complexity index is 448. The molecule has 2 rings (SSSR count). The lowest BCUT2D eigenvalue weighted by Crippen LogP contribution is -2.22. The third-order valence-electron chi connectivity index (χ3n) is 3.53. The van der Waals surface area contributed by atoms with Gasteiger partial charge in [-0.1, -0.05) is 6.07 Å². The van der Waals surface area contributed by atoms with Crippen molar-refractivity contribution in [3.05, 3.63) is 29.3 Å². The molecule has 19 heavy (non-hydrogen) atoms. The van der Waals surface area contributed by atoms with Crippen LogP contribution in [0.1, 0.15) is 17.5 Å². The van der Waals surface area contributed by atoms with E-state index in [9.17, 15) is 13.2 Å². The minimum absolute atomic E-state index is 0.0729. The third kappa shape index (κ3) is 3.01. The van der Waals surface area contributed by atoms with Gasteiger partial charge >= 0.3 is 6.18 Å². The maximum absolute atomic E-state index is 12.9. The lowest BCUT2D eigenvalue weighted by molar-refractivity contribution is -0.138. The van der Waals surface area contributed by atoms with Crippen molar-refractivity contribution >= 4 is 5.69 Å². The lowest BCUT2D eigenvalue weighted by Gasteiger charge is -2.21. The van der Waals surface area contributed by atoms with Crippen LogP contribution in [0.15, 0.2) is 18.2 Å². The fourth-order valence-corrected chi connectivity index (χ4v) is 2.42. The molecule has 106 valence electrons. The monoisotopic (exact) mass is 274 g/mol. The van der Waals surface area contributed by atoms with E-state index in [1.807, 2.05) is 4.90 Å². The first-order valence-electron chi connectivity index (χ1n) is 6.21. The van der Waals surface area contributed by atoms with Gasteiger partial charge in [-0.3, -0.25) is 0 Å². The van der Waals surface area contributed by atoms with Crippen LogP contribution in [0.3, 0.4) is 0 Å². The SMILES string of the molecule is NCc1ccc(N2CCC(CO)C2)cc1C(F)(F)F. The molecule has 1 aromatic rings. The fraction of sp³-hybridized carbons (Fsp3) is 0.538. The Labute approximate surface area is 109 Å². The number of hydrogen-bond donors (Lipinski definition) is 2. The molecular weight excluding hydrogens is 257 g/mol. The molecule has 1 unspecified atom stereocenters. The Kier molecular flexibility index (Phi) is 4.01. The highest BCUT2D eigenvalue weighted by Crippen LogP contribution is 2.35. The third-order valence-corrected chi connectivity index (χ3v) is 3.53. The largest absolute Gasteiger partial charge is 0.416 e. The summed E-state index contributed by atoms with van der Waals surface area (Å²) in [6.45, 7) is 1.21. The predicted octanol–water partition coefficient (Wildman–Crippen LogP) is 1.98. The van der Waals surface area contributed by atoms with E-state index in [0.717, 1.165) is 12.5 Å². The number of anilines is 1. The Balaban J connectivity index is 2.28. The summed E-state index contributed by atoms with van der Waals surface area (Å²) in [7, 11) is 0. The van der Waals surface area contributed by atoms with E-state index in [-0.39, 0.29) is 24.6 Å². The van der Waals surface area contributed by atoms with Gasteiger partial charge in [-0.05, 0) is 24.1 Å². The van der Waals surface area contributed by atoms with Gasteiger partial charge in [-0.15, -0.1) is 0 Å². The second-order valence-corrected chi connectivity index (χ2v) is 4.83. The standard InChI is InChI=1S/C13H17F3N2O/c14-13(15,16)12-5-11(2-1-10(12)6-17)18-4-3-9(7-18)8-19/h1-2,5,9,19H,3-4,6-8,17H2. The highest BCUT2D eigenvalue weighted by Gasteiger charge is 2.34. The van der Waals surface area contributed by atoms with Crippen LogP contribution >= 0.6 is 0 Å². The van der Waals surface area contributed by atoms with Crippen molar-refractivity contribution in [3.63, 3.8) is 0 Å². The van der Waals surface area contributed by atoms with E-state index in [1.54, 1.807) is 6.07 Å². The molecule has 1 aromatic carbocycles. The van der Waals surface area contributed by atoms with Gasteiger partial charge in [-0.25, -0.2) is 0 Å². The van der Waals surface area contributed by atoms with E-state index in [1.165, 1.54) is 6.07 Å². The lowest BCUT2D eigenvalue weighted by atomic mass is 10.1. The summed E-state index contributed by atoms with van der Waals surface area (Å²) in [5, 5.41) is 9.07. The topological polar surface area (TPSA) is 49.5 Å². The minimum atomic E-state index is -4.39. The molecule has 0 bridgehead atoms. The van der Waals surface area contributed by atoms with Gasteiger partial charge in [-0.2, -0.15) is 13.2 Å². The minimum Gasteiger partial charge on any atom is -0.396 e. The summed E-state index contributed by atoms with van der Waals surface area (Å²) in [6, 6.07) is 4.25. The van der Waals surface area contributed by atoms with Crippen molar-refractivity contribution in [1.82, 2.24) is 0 Å². The summed E-state index contributed by atoms with van der Waals surface area (Å²) < 4.78 is 38.8. The quantitative estimate of drug-likeness (QED) is 0.886. The van der Waals surface area contributed by atoms with Crippen molar-refractivity contribution in [1.29, 1.82) is 0 Å². The Morgan fingerprint density at radius 1 is 1.37 bits per heavy atom. The van der Waals surface area contributed by atoms with Gasteiger partial charge in [0, 0.05) is 37.8 Å². The Morgan fingerprint density at radius 3 is 2.63 bits per heavy atom. The van der Waals surface area contributed by atoms with E-state index in [0.29, 0.717) is 18.8 Å². The summed E-state index contributed by atoms with van der Waals surface area (Å²) >= 11 is 0. The number of hydrogen-bond acceptors (Lipinski definition) is 3. The van der Waals surface area contributed by atoms with Crippen molar-refractivity contribution < 1.29 is 18.3 Å². The number of aliphatic hydroxyl groups excluding tert-OH is 1. The predicted molar refractivity (Wildman–Crippen MR) is 66.7 cm³/mol. The zero-order valence-electron chi connectivity index (χ0n) is 10.5. The molecule has 0 aliphatic carbocycles. The van der Waals surface area contributed by atoms with Gasteiger partial charge in [0.25, 0.3) is 0 Å². The summed E-state index contributed by atoms with van der Waals surface area (Å²) in [6.07, 6.45) is -3.59. The molecular formula is C13H17F3N2O. The first-order chi connectivity index (χ1) is 8.95. The number of nitrogens with two attached hydrogens (primary N) is 1. The Hall–Kier alpha value is -1.27. The van der Waals surface area contributed by atoms with E-state index >= 15 is 0 Å². The smallest absolute Gasteiger partial charge is 0.396 e. The molecule has 0 radical (unpaired) electrons. The Morgan fingerprint density at radius 2 is 2.11 bits per heavy atom. The molecule has 1 saturated heterocycles. The number of nitrogens with zero attached hydrogens (tertiary/aromatic N) is 1. The number of aliphatic hydroxyl groups is 1. The summed E-state index contributed by atoms with van der Waals surface area (Å²) in [4.78, 5) is 1.87. The van der Waals surface area contributed by atoms with Crippen LogP contribution in [-0.2, 0) is 12.7 Å². The maximum atomic E-state index is 12.9. The molecule has 0 spiro atoms. The second kappa shape index (κ2) is 5.38. The second-order valence-electron chi connectivity index (χ2n) is 4.83. The first-order valence-corrected chi connectivity index (χ1v) is 6.21. The highest BCUT2D eigenvalue weighted by atomic mass is 19.4. The van der Waals surface area contributed by atoms with Gasteiger partial charge in [0.1, 0.15) is 0 Å². The van der Waals surface area contributed by atoms with Gasteiger partial charge < -0.3 is 15.7 Å². The molecule has 6 heteroatoms. The van der Waals surface area contributed by atoms with Crippen molar-refractivity contribution in [2.45, 2.75) is 19.1 Å². The molecule has 1 heterocycles. The molecule has 0 saturated carbocycles. The van der Waals surface area contributed by atoms with Crippen LogP contribution in [0.2, 0.25) is 0 Å². The number of alkyl halides is 3. The zero-order valence-corrected chi connectivity index (χ0v) is 10.5. The van der Waals surface area contributed by atoms with Crippen LogP contribution < -0.4 is 10.6 Å². The summed E-state index contributed by atoms with van der Waals surface area (Å²) in [5.74, 6) is 0.142. The summed E-state index contributed by atoms with van der Waals surface area (Å²) in [5.41, 5.74) is 5.33. The normalized spacial score (nSPS) is 20.1. The van der Waals surface area contributed by atoms with Gasteiger partial charge in [0.15, 0.2) is 0 Å². The molecule has 0 aromatic heterocycles. The molecule has 3 N–H and O–H groups in total. The highest BCUT2D eigenvalue weighted by molar-refractivity contribution is 5.52. The molecule has 1 aliphatic heterocycles. The van der Waals surface area contributed by atoms with E-state index in [2.05, 4.69) is 0 Å². The average molecular weight is 274 g/mol. The van der Waals surface area contributed by atoms with Crippen LogP contribution in [0.4, 0.5) is 18.9 Å². The van der Waals surface area contributed by atoms with E-state index < -0.39 is 11.7 Å². The van der Waals surface area contributed by atoms with E-state index in [4.69, 9.17) is 10.8 Å². The van der Waals surface area contributed by atoms with Gasteiger partial charge in [0.05, 0.1) is 5.56 Å². The van der Waals surface area contributed by atoms with Crippen molar-refractivity contribution in [2.24, 2.45) is 11.7 Å². The first kappa shape index (κ1) is 14.1. The van der Waals surface area contributed by atoms with Crippen LogP contribution in [0.25, 0.3) is 0 Å². The number of halogens is 3. The van der Waals surface area contributed by atoms with Crippen LogP contribution in [-0.4, -0.2) is 24.8 Å². The maximum Gasteiger partial charge on any atom is 0.416 e. The van der Waals surface area contributed by atoms with Crippen molar-refractivity contribution in [3.8, 4) is 0 Å². The van der Waals surface area contributed by atoms with Crippen LogP contribution in [0, 0.1) is 5.92 Å². The van der Waals surface area contributed by atoms with Crippen LogP contribution in [0.5, 0.6) is 0 Å². The average Bonchev–Trinajstić information content (AvgIpc) is 2.85. The zero-order chi connectivity index (χ0) is 14.0. The molecule has 3 nitrogen and oxygen atoms in total. The fourth-order valence-electron chi connectivity index (χ4n) is 2.42. The van der Waals surface area contributed by atoms with Gasteiger partial charge in [0.2, 0.25) is 0 Å².